The Kier molecular flexibility index (Phi) is 9.04. The molecule has 0 fully saturated rings. The van der Waals surface area contributed by atoms with Crippen LogP contribution in [0.2, 0.25) is 5.02 Å². The van der Waals surface area contributed by atoms with Gasteiger partial charge in [0.2, 0.25) is 11.8 Å². The van der Waals surface area contributed by atoms with E-state index in [1.807, 2.05) is 32.9 Å². The Labute approximate surface area is 211 Å². The SMILES string of the molecule is CC[C@H](C(=O)NCC(C)C)N(Cc1ccc(Cl)cc1)C(=O)CCCN1C(=O)c2ccccc2C1=O. The van der Waals surface area contributed by atoms with Crippen LogP contribution in [0.15, 0.2) is 48.5 Å². The average Bonchev–Trinajstić information content (AvgIpc) is 3.08. The molecule has 0 aromatic heterocycles. The first-order valence-electron chi connectivity index (χ1n) is 12.0. The van der Waals surface area contributed by atoms with Gasteiger partial charge in [-0.15, -0.1) is 0 Å². The number of amides is 4. The predicted octanol–water partition coefficient (Wildman–Crippen LogP) is 4.30. The Hall–Kier alpha value is -3.19. The Balaban J connectivity index is 1.69. The molecule has 1 aliphatic rings. The van der Waals surface area contributed by atoms with E-state index in [1.54, 1.807) is 41.3 Å². The molecular formula is C27H32ClN3O4. The van der Waals surface area contributed by atoms with Crippen LogP contribution in [0, 0.1) is 5.92 Å². The van der Waals surface area contributed by atoms with E-state index in [2.05, 4.69) is 5.32 Å². The number of rotatable bonds is 11. The zero-order chi connectivity index (χ0) is 25.5. The van der Waals surface area contributed by atoms with Gasteiger partial charge in [-0.25, -0.2) is 0 Å². The number of benzene rings is 2. The highest BCUT2D eigenvalue weighted by atomic mass is 35.5. The Morgan fingerprint density at radius 2 is 1.60 bits per heavy atom. The molecular weight excluding hydrogens is 466 g/mol. The molecule has 0 saturated carbocycles. The molecule has 8 heteroatoms. The first-order chi connectivity index (χ1) is 16.7. The van der Waals surface area contributed by atoms with Crippen molar-refractivity contribution in [2.24, 2.45) is 5.92 Å². The lowest BCUT2D eigenvalue weighted by molar-refractivity contribution is -0.141. The van der Waals surface area contributed by atoms with Gasteiger partial charge in [0.1, 0.15) is 6.04 Å². The summed E-state index contributed by atoms with van der Waals surface area (Å²) in [6, 6.07) is 13.3. The fourth-order valence-corrected chi connectivity index (χ4v) is 4.23. The van der Waals surface area contributed by atoms with Gasteiger partial charge >= 0.3 is 0 Å². The zero-order valence-electron chi connectivity index (χ0n) is 20.4. The van der Waals surface area contributed by atoms with Crippen LogP contribution >= 0.6 is 11.6 Å². The molecule has 0 unspecified atom stereocenters. The molecule has 0 spiro atoms. The second kappa shape index (κ2) is 12.0. The maximum atomic E-state index is 13.3. The number of carbonyl (C=O) groups is 4. The molecule has 1 N–H and O–H groups in total. The van der Waals surface area contributed by atoms with Gasteiger partial charge in [0.05, 0.1) is 11.1 Å². The zero-order valence-corrected chi connectivity index (χ0v) is 21.2. The standard InChI is InChI=1S/C27H32ClN3O4/c1-4-23(25(33)29-16-18(2)3)31(17-19-11-13-20(28)14-12-19)24(32)10-7-15-30-26(34)21-8-5-6-9-22(21)27(30)35/h5-6,8-9,11-14,18,23H,4,7,10,15-17H2,1-3H3,(H,29,33)/t23-/m1/s1. The highest BCUT2D eigenvalue weighted by Gasteiger charge is 2.35. The summed E-state index contributed by atoms with van der Waals surface area (Å²) >= 11 is 6.01. The number of hydrogen-bond donors (Lipinski definition) is 1. The Morgan fingerprint density at radius 3 is 2.14 bits per heavy atom. The van der Waals surface area contributed by atoms with Gasteiger partial charge in [-0.1, -0.05) is 56.6 Å². The molecule has 1 atom stereocenters. The largest absolute Gasteiger partial charge is 0.354 e. The van der Waals surface area contributed by atoms with E-state index in [1.165, 1.54) is 4.90 Å². The number of nitrogens with zero attached hydrogens (tertiary/aromatic N) is 2. The van der Waals surface area contributed by atoms with Crippen LogP contribution in [0.1, 0.15) is 66.3 Å². The van der Waals surface area contributed by atoms with Gasteiger partial charge < -0.3 is 10.2 Å². The highest BCUT2D eigenvalue weighted by molar-refractivity contribution is 6.30. The number of halogens is 1. The third-order valence-electron chi connectivity index (χ3n) is 5.99. The van der Waals surface area contributed by atoms with E-state index in [0.717, 1.165) is 5.56 Å². The van der Waals surface area contributed by atoms with Crippen molar-refractivity contribution in [3.05, 3.63) is 70.2 Å². The van der Waals surface area contributed by atoms with Crippen LogP contribution in [-0.2, 0) is 16.1 Å². The summed E-state index contributed by atoms with van der Waals surface area (Å²) in [4.78, 5) is 54.3. The third kappa shape index (κ3) is 6.48. The molecule has 35 heavy (non-hydrogen) atoms. The van der Waals surface area contributed by atoms with Crippen LogP contribution < -0.4 is 5.32 Å². The molecule has 2 aromatic rings. The van der Waals surface area contributed by atoms with Crippen molar-refractivity contribution >= 4 is 35.2 Å². The number of imide groups is 1. The summed E-state index contributed by atoms with van der Waals surface area (Å²) in [7, 11) is 0. The average molecular weight is 498 g/mol. The van der Waals surface area contributed by atoms with Gasteiger partial charge in [-0.3, -0.25) is 24.1 Å². The minimum atomic E-state index is -0.628. The van der Waals surface area contributed by atoms with Gasteiger partial charge in [0.15, 0.2) is 0 Å². The van der Waals surface area contributed by atoms with Gasteiger partial charge in [-0.05, 0) is 48.6 Å². The van der Waals surface area contributed by atoms with Crippen LogP contribution in [0.4, 0.5) is 0 Å². The number of hydrogen-bond acceptors (Lipinski definition) is 4. The first kappa shape index (κ1) is 26.4. The van der Waals surface area contributed by atoms with Crippen molar-refractivity contribution in [2.75, 3.05) is 13.1 Å². The van der Waals surface area contributed by atoms with E-state index in [-0.39, 0.29) is 49.1 Å². The maximum absolute atomic E-state index is 13.3. The summed E-state index contributed by atoms with van der Waals surface area (Å²) in [5, 5.41) is 3.53. The van der Waals surface area contributed by atoms with Crippen molar-refractivity contribution in [2.45, 2.75) is 52.6 Å². The maximum Gasteiger partial charge on any atom is 0.261 e. The van der Waals surface area contributed by atoms with Crippen molar-refractivity contribution in [1.82, 2.24) is 15.1 Å². The molecule has 3 rings (SSSR count). The minimum absolute atomic E-state index is 0.106. The second-order valence-electron chi connectivity index (χ2n) is 9.12. The lowest BCUT2D eigenvalue weighted by atomic mass is 10.1. The van der Waals surface area contributed by atoms with E-state index < -0.39 is 6.04 Å². The van der Waals surface area contributed by atoms with E-state index in [0.29, 0.717) is 35.5 Å². The quantitative estimate of drug-likeness (QED) is 0.469. The fraction of sp³-hybridized carbons (Fsp3) is 0.407. The molecule has 0 bridgehead atoms. The van der Waals surface area contributed by atoms with Gasteiger partial charge in [-0.2, -0.15) is 0 Å². The fourth-order valence-electron chi connectivity index (χ4n) is 4.10. The summed E-state index contributed by atoms with van der Waals surface area (Å²) in [6.07, 6.45) is 0.877. The van der Waals surface area contributed by atoms with E-state index >= 15 is 0 Å². The van der Waals surface area contributed by atoms with Crippen molar-refractivity contribution in [3.63, 3.8) is 0 Å². The smallest absolute Gasteiger partial charge is 0.261 e. The van der Waals surface area contributed by atoms with Crippen LogP contribution in [-0.4, -0.2) is 52.6 Å². The molecule has 0 radical (unpaired) electrons. The molecule has 1 heterocycles. The monoisotopic (exact) mass is 497 g/mol. The molecule has 0 saturated heterocycles. The highest BCUT2D eigenvalue weighted by Crippen LogP contribution is 2.23. The third-order valence-corrected chi connectivity index (χ3v) is 6.24. The molecule has 1 aliphatic heterocycles. The Bertz CT molecular complexity index is 1050. The molecule has 186 valence electrons. The van der Waals surface area contributed by atoms with Crippen molar-refractivity contribution in [3.8, 4) is 0 Å². The van der Waals surface area contributed by atoms with Crippen LogP contribution in [0.5, 0.6) is 0 Å². The van der Waals surface area contributed by atoms with E-state index in [9.17, 15) is 19.2 Å². The number of carbonyl (C=O) groups excluding carboxylic acids is 4. The molecule has 4 amide bonds. The summed E-state index contributed by atoms with van der Waals surface area (Å²) < 4.78 is 0. The van der Waals surface area contributed by atoms with Crippen molar-refractivity contribution < 1.29 is 19.2 Å². The van der Waals surface area contributed by atoms with Crippen LogP contribution in [0.3, 0.4) is 0 Å². The lowest BCUT2D eigenvalue weighted by Crippen LogP contribution is -2.49. The molecule has 0 aliphatic carbocycles. The molecule has 2 aromatic carbocycles. The van der Waals surface area contributed by atoms with Gasteiger partial charge in [0.25, 0.3) is 11.8 Å². The Morgan fingerprint density at radius 1 is 1.00 bits per heavy atom. The number of nitrogens with one attached hydrogen (secondary N) is 1. The summed E-state index contributed by atoms with van der Waals surface area (Å²) in [5.74, 6) is -0.783. The predicted molar refractivity (Wildman–Crippen MR) is 135 cm³/mol. The minimum Gasteiger partial charge on any atom is -0.354 e. The van der Waals surface area contributed by atoms with E-state index in [4.69, 9.17) is 11.6 Å². The number of fused-ring (bicyclic) bond motifs is 1. The second-order valence-corrected chi connectivity index (χ2v) is 9.56. The topological polar surface area (TPSA) is 86.8 Å². The van der Waals surface area contributed by atoms with Crippen molar-refractivity contribution in [1.29, 1.82) is 0 Å². The summed E-state index contributed by atoms with van der Waals surface area (Å²) in [5.41, 5.74) is 1.64. The van der Waals surface area contributed by atoms with Gasteiger partial charge in [0, 0.05) is 31.1 Å². The van der Waals surface area contributed by atoms with Crippen LogP contribution in [0.25, 0.3) is 0 Å². The lowest BCUT2D eigenvalue weighted by Gasteiger charge is -2.31. The summed E-state index contributed by atoms with van der Waals surface area (Å²) in [6.45, 7) is 6.83. The first-order valence-corrected chi connectivity index (χ1v) is 12.4. The molecule has 7 nitrogen and oxygen atoms in total. The normalized spacial score (nSPS) is 13.7.